The van der Waals surface area contributed by atoms with Crippen molar-refractivity contribution in [3.63, 3.8) is 0 Å². The van der Waals surface area contributed by atoms with E-state index in [1.54, 1.807) is 24.0 Å². The molecule has 0 aromatic heterocycles. The van der Waals surface area contributed by atoms with Gasteiger partial charge in [-0.1, -0.05) is 36.4 Å². The Bertz CT molecular complexity index is 723. The molecular formula is C20H24N2O3. The third-order valence-corrected chi connectivity index (χ3v) is 4.72. The summed E-state index contributed by atoms with van der Waals surface area (Å²) in [6.07, 6.45) is 0.0726. The normalized spacial score (nSPS) is 17.2. The SMILES string of the molecule is CC(O)(CC(=O)N1CCN(c2cccc(O)c2)CC1)c1ccccc1. The molecule has 1 aliphatic heterocycles. The van der Waals surface area contributed by atoms with E-state index < -0.39 is 5.60 Å². The van der Waals surface area contributed by atoms with E-state index in [0.29, 0.717) is 26.2 Å². The smallest absolute Gasteiger partial charge is 0.225 e. The molecule has 1 heterocycles. The third kappa shape index (κ3) is 4.12. The van der Waals surface area contributed by atoms with E-state index in [-0.39, 0.29) is 18.1 Å². The number of anilines is 1. The summed E-state index contributed by atoms with van der Waals surface area (Å²) in [7, 11) is 0. The van der Waals surface area contributed by atoms with Gasteiger partial charge in [0.1, 0.15) is 5.75 Å². The van der Waals surface area contributed by atoms with Gasteiger partial charge in [-0.05, 0) is 24.6 Å². The van der Waals surface area contributed by atoms with E-state index in [9.17, 15) is 15.0 Å². The molecule has 132 valence electrons. The molecule has 0 saturated carbocycles. The van der Waals surface area contributed by atoms with Crippen LogP contribution in [-0.4, -0.2) is 47.2 Å². The highest BCUT2D eigenvalue weighted by Crippen LogP contribution is 2.26. The van der Waals surface area contributed by atoms with Gasteiger partial charge in [0, 0.05) is 37.9 Å². The summed E-state index contributed by atoms with van der Waals surface area (Å²) >= 11 is 0. The lowest BCUT2D eigenvalue weighted by Crippen LogP contribution is -2.50. The number of benzene rings is 2. The van der Waals surface area contributed by atoms with Gasteiger partial charge in [-0.15, -0.1) is 0 Å². The molecule has 25 heavy (non-hydrogen) atoms. The first-order valence-electron chi connectivity index (χ1n) is 8.55. The van der Waals surface area contributed by atoms with Crippen LogP contribution in [0.5, 0.6) is 5.75 Å². The van der Waals surface area contributed by atoms with Crippen molar-refractivity contribution in [2.24, 2.45) is 0 Å². The zero-order chi connectivity index (χ0) is 17.9. The number of carbonyl (C=O) groups excluding carboxylic acids is 1. The Morgan fingerprint density at radius 3 is 2.36 bits per heavy atom. The zero-order valence-electron chi connectivity index (χ0n) is 14.4. The molecule has 1 unspecified atom stereocenters. The minimum atomic E-state index is -1.17. The Kier molecular flexibility index (Phi) is 4.95. The van der Waals surface area contributed by atoms with Crippen LogP contribution in [0.25, 0.3) is 0 Å². The number of aromatic hydroxyl groups is 1. The Morgan fingerprint density at radius 2 is 1.72 bits per heavy atom. The van der Waals surface area contributed by atoms with Crippen molar-refractivity contribution in [2.45, 2.75) is 18.9 Å². The van der Waals surface area contributed by atoms with Crippen LogP contribution in [-0.2, 0) is 10.4 Å². The summed E-state index contributed by atoms with van der Waals surface area (Å²) < 4.78 is 0. The van der Waals surface area contributed by atoms with Crippen LogP contribution in [0.1, 0.15) is 18.9 Å². The van der Waals surface area contributed by atoms with Crippen LogP contribution in [0.3, 0.4) is 0 Å². The van der Waals surface area contributed by atoms with E-state index >= 15 is 0 Å². The van der Waals surface area contributed by atoms with Crippen LogP contribution in [0.15, 0.2) is 54.6 Å². The molecule has 1 saturated heterocycles. The second kappa shape index (κ2) is 7.15. The van der Waals surface area contributed by atoms with E-state index in [1.165, 1.54) is 0 Å². The van der Waals surface area contributed by atoms with Gasteiger partial charge in [0.2, 0.25) is 5.91 Å². The van der Waals surface area contributed by atoms with Gasteiger partial charge >= 0.3 is 0 Å². The highest BCUT2D eigenvalue weighted by molar-refractivity contribution is 5.78. The molecule has 0 aliphatic carbocycles. The van der Waals surface area contributed by atoms with Gasteiger partial charge < -0.3 is 20.0 Å². The average Bonchev–Trinajstić information content (AvgIpc) is 2.62. The minimum Gasteiger partial charge on any atom is -0.508 e. The van der Waals surface area contributed by atoms with E-state index in [1.807, 2.05) is 42.5 Å². The second-order valence-corrected chi connectivity index (χ2v) is 6.70. The van der Waals surface area contributed by atoms with Crippen molar-refractivity contribution in [3.05, 3.63) is 60.2 Å². The standard InChI is InChI=1S/C20H24N2O3/c1-20(25,16-6-3-2-4-7-16)15-19(24)22-12-10-21(11-13-22)17-8-5-9-18(23)14-17/h2-9,14,23,25H,10-13,15H2,1H3. The summed E-state index contributed by atoms with van der Waals surface area (Å²) in [5.41, 5.74) is 0.547. The lowest BCUT2D eigenvalue weighted by Gasteiger charge is -2.37. The fraction of sp³-hybridized carbons (Fsp3) is 0.350. The number of rotatable bonds is 4. The first-order chi connectivity index (χ1) is 12.0. The first-order valence-corrected chi connectivity index (χ1v) is 8.55. The van der Waals surface area contributed by atoms with Crippen LogP contribution in [0.4, 0.5) is 5.69 Å². The van der Waals surface area contributed by atoms with E-state index in [4.69, 9.17) is 0 Å². The molecular weight excluding hydrogens is 316 g/mol. The van der Waals surface area contributed by atoms with Crippen LogP contribution in [0.2, 0.25) is 0 Å². The van der Waals surface area contributed by atoms with E-state index in [0.717, 1.165) is 11.3 Å². The van der Waals surface area contributed by atoms with Crippen LogP contribution in [0, 0.1) is 0 Å². The molecule has 2 N–H and O–H groups in total. The summed E-state index contributed by atoms with van der Waals surface area (Å²) in [6, 6.07) is 16.5. The zero-order valence-corrected chi connectivity index (χ0v) is 14.4. The number of carbonyl (C=O) groups is 1. The highest BCUT2D eigenvalue weighted by Gasteiger charge is 2.30. The van der Waals surface area contributed by atoms with Crippen molar-refractivity contribution >= 4 is 11.6 Å². The van der Waals surface area contributed by atoms with E-state index in [2.05, 4.69) is 4.90 Å². The quantitative estimate of drug-likeness (QED) is 0.897. The Balaban J connectivity index is 1.58. The molecule has 0 radical (unpaired) electrons. The van der Waals surface area contributed by atoms with Crippen LogP contribution >= 0.6 is 0 Å². The molecule has 2 aromatic rings. The summed E-state index contributed by atoms with van der Waals surface area (Å²) in [5, 5.41) is 20.3. The molecule has 5 nitrogen and oxygen atoms in total. The van der Waals surface area contributed by atoms with Gasteiger partial charge in [0.05, 0.1) is 12.0 Å². The lowest BCUT2D eigenvalue weighted by molar-refractivity contribution is -0.136. The number of piperazine rings is 1. The summed E-state index contributed by atoms with van der Waals surface area (Å²) in [4.78, 5) is 16.5. The molecule has 1 amide bonds. The van der Waals surface area contributed by atoms with Crippen molar-refractivity contribution in [2.75, 3.05) is 31.1 Å². The highest BCUT2D eigenvalue weighted by atomic mass is 16.3. The minimum absolute atomic E-state index is 0.0376. The molecule has 0 bridgehead atoms. The Labute approximate surface area is 148 Å². The molecule has 3 rings (SSSR count). The number of hydrogen-bond donors (Lipinski definition) is 2. The Morgan fingerprint density at radius 1 is 1.04 bits per heavy atom. The topological polar surface area (TPSA) is 64.0 Å². The van der Waals surface area contributed by atoms with Crippen LogP contribution < -0.4 is 4.90 Å². The number of phenolic OH excluding ortho intramolecular Hbond substituents is 1. The van der Waals surface area contributed by atoms with Crippen molar-refractivity contribution in [1.82, 2.24) is 4.90 Å². The number of aliphatic hydroxyl groups is 1. The molecule has 5 heteroatoms. The predicted octanol–water partition coefficient (Wildman–Crippen LogP) is 2.34. The molecule has 0 spiro atoms. The second-order valence-electron chi connectivity index (χ2n) is 6.70. The van der Waals surface area contributed by atoms with Crippen molar-refractivity contribution in [1.29, 1.82) is 0 Å². The van der Waals surface area contributed by atoms with Gasteiger partial charge in [-0.25, -0.2) is 0 Å². The molecule has 1 fully saturated rings. The number of nitrogens with zero attached hydrogens (tertiary/aromatic N) is 2. The average molecular weight is 340 g/mol. The summed E-state index contributed by atoms with van der Waals surface area (Å²) in [6.45, 7) is 4.33. The van der Waals surface area contributed by atoms with Gasteiger partial charge in [-0.3, -0.25) is 4.79 Å². The fourth-order valence-electron chi connectivity index (χ4n) is 3.21. The third-order valence-electron chi connectivity index (χ3n) is 4.72. The maximum absolute atomic E-state index is 12.6. The first kappa shape index (κ1) is 17.3. The van der Waals surface area contributed by atoms with Crippen molar-refractivity contribution < 1.29 is 15.0 Å². The number of amides is 1. The van der Waals surface area contributed by atoms with Gasteiger partial charge in [-0.2, -0.15) is 0 Å². The fourth-order valence-corrected chi connectivity index (χ4v) is 3.21. The predicted molar refractivity (Wildman–Crippen MR) is 97.5 cm³/mol. The number of hydrogen-bond acceptors (Lipinski definition) is 4. The summed E-state index contributed by atoms with van der Waals surface area (Å²) in [5.74, 6) is 0.208. The maximum atomic E-state index is 12.6. The monoisotopic (exact) mass is 340 g/mol. The van der Waals surface area contributed by atoms with Gasteiger partial charge in [0.15, 0.2) is 0 Å². The maximum Gasteiger partial charge on any atom is 0.225 e. The largest absolute Gasteiger partial charge is 0.508 e. The molecule has 1 aliphatic rings. The Hall–Kier alpha value is -2.53. The van der Waals surface area contributed by atoms with Gasteiger partial charge in [0.25, 0.3) is 0 Å². The van der Waals surface area contributed by atoms with Crippen molar-refractivity contribution in [3.8, 4) is 5.75 Å². The lowest BCUT2D eigenvalue weighted by atomic mass is 9.92. The number of phenols is 1. The molecule has 2 aromatic carbocycles. The molecule has 1 atom stereocenters.